The van der Waals surface area contributed by atoms with Gasteiger partial charge in [0, 0.05) is 13.1 Å². The van der Waals surface area contributed by atoms with Crippen LogP contribution in [0.3, 0.4) is 0 Å². The summed E-state index contributed by atoms with van der Waals surface area (Å²) in [5, 5.41) is 2.70. The van der Waals surface area contributed by atoms with Gasteiger partial charge < -0.3 is 15.0 Å². The molecule has 0 bridgehead atoms. The summed E-state index contributed by atoms with van der Waals surface area (Å²) in [6.45, 7) is 6.16. The van der Waals surface area contributed by atoms with E-state index < -0.39 is 5.54 Å². The maximum Gasteiger partial charge on any atom is 0.325 e. The lowest BCUT2D eigenvalue weighted by molar-refractivity contribution is -0.130. The molecular formula is C16H21N3O3. The van der Waals surface area contributed by atoms with Crippen molar-refractivity contribution in [1.29, 1.82) is 0 Å². The van der Waals surface area contributed by atoms with Crippen LogP contribution in [0.2, 0.25) is 0 Å². The van der Waals surface area contributed by atoms with Crippen LogP contribution < -0.4 is 15.0 Å². The number of nitrogens with one attached hydrogen (secondary N) is 1. The van der Waals surface area contributed by atoms with Gasteiger partial charge in [0.15, 0.2) is 0 Å². The Morgan fingerprint density at radius 1 is 1.23 bits per heavy atom. The lowest BCUT2D eigenvalue weighted by atomic mass is 10.1. The van der Waals surface area contributed by atoms with Crippen molar-refractivity contribution in [2.45, 2.75) is 25.8 Å². The Labute approximate surface area is 130 Å². The Bertz CT molecular complexity index is 600. The fourth-order valence-electron chi connectivity index (χ4n) is 2.90. The monoisotopic (exact) mass is 303 g/mol. The molecule has 1 aromatic carbocycles. The molecule has 118 valence electrons. The van der Waals surface area contributed by atoms with E-state index in [-0.39, 0.29) is 11.9 Å². The minimum Gasteiger partial charge on any atom is -0.490 e. The molecule has 0 aromatic heterocycles. The Hall–Kier alpha value is -2.24. The zero-order chi connectivity index (χ0) is 15.7. The Morgan fingerprint density at radius 2 is 2.00 bits per heavy atom. The third-order valence-electron chi connectivity index (χ3n) is 4.08. The number of benzene rings is 1. The van der Waals surface area contributed by atoms with Crippen LogP contribution in [0.1, 0.15) is 20.3 Å². The van der Waals surface area contributed by atoms with Crippen LogP contribution in [0.4, 0.5) is 10.5 Å². The highest BCUT2D eigenvalue weighted by molar-refractivity contribution is 6.06. The van der Waals surface area contributed by atoms with Gasteiger partial charge in [-0.15, -0.1) is 0 Å². The Morgan fingerprint density at radius 3 is 2.73 bits per heavy atom. The van der Waals surface area contributed by atoms with Gasteiger partial charge in [0.1, 0.15) is 17.9 Å². The van der Waals surface area contributed by atoms with Crippen molar-refractivity contribution >= 4 is 17.6 Å². The van der Waals surface area contributed by atoms with Gasteiger partial charge in [0.25, 0.3) is 5.91 Å². The Balaban J connectivity index is 1.59. The number of nitrogens with zero attached hydrogens (tertiary/aromatic N) is 2. The van der Waals surface area contributed by atoms with Crippen molar-refractivity contribution in [2.24, 2.45) is 0 Å². The molecule has 22 heavy (non-hydrogen) atoms. The van der Waals surface area contributed by atoms with Crippen LogP contribution in [0, 0.1) is 0 Å². The molecular weight excluding hydrogens is 282 g/mol. The first-order chi connectivity index (χ1) is 10.5. The van der Waals surface area contributed by atoms with E-state index in [0.29, 0.717) is 13.2 Å². The molecule has 0 saturated carbocycles. The van der Waals surface area contributed by atoms with Crippen LogP contribution in [0.5, 0.6) is 5.75 Å². The lowest BCUT2D eigenvalue weighted by Crippen LogP contribution is -2.40. The highest BCUT2D eigenvalue weighted by Gasteiger charge is 2.43. The van der Waals surface area contributed by atoms with Crippen molar-refractivity contribution in [3.05, 3.63) is 24.3 Å². The number of anilines is 1. The van der Waals surface area contributed by atoms with Gasteiger partial charge in [0.05, 0.1) is 12.2 Å². The van der Waals surface area contributed by atoms with Crippen LogP contribution >= 0.6 is 0 Å². The van der Waals surface area contributed by atoms with Crippen LogP contribution in [0.15, 0.2) is 24.3 Å². The molecule has 0 spiro atoms. The first-order valence-electron chi connectivity index (χ1n) is 7.60. The molecule has 1 saturated heterocycles. The van der Waals surface area contributed by atoms with E-state index in [2.05, 4.69) is 10.2 Å². The summed E-state index contributed by atoms with van der Waals surface area (Å²) in [5.74, 6) is 0.741. The SMILES string of the molecule is CC1(C)NC(=O)N(CCCN2CCOc3ccccc32)C1=O. The van der Waals surface area contributed by atoms with E-state index in [1.54, 1.807) is 13.8 Å². The zero-order valence-electron chi connectivity index (χ0n) is 13.0. The number of para-hydroxylation sites is 2. The highest BCUT2D eigenvalue weighted by Crippen LogP contribution is 2.30. The van der Waals surface area contributed by atoms with Crippen molar-refractivity contribution in [1.82, 2.24) is 10.2 Å². The fraction of sp³-hybridized carbons (Fsp3) is 0.500. The second kappa shape index (κ2) is 5.51. The maximum atomic E-state index is 12.1. The predicted octanol–water partition coefficient (Wildman–Crippen LogP) is 1.61. The van der Waals surface area contributed by atoms with E-state index in [9.17, 15) is 9.59 Å². The molecule has 1 fully saturated rings. The summed E-state index contributed by atoms with van der Waals surface area (Å²) < 4.78 is 5.62. The number of urea groups is 1. The summed E-state index contributed by atoms with van der Waals surface area (Å²) in [6, 6.07) is 7.64. The smallest absolute Gasteiger partial charge is 0.325 e. The highest BCUT2D eigenvalue weighted by atomic mass is 16.5. The molecule has 2 aliphatic rings. The van der Waals surface area contributed by atoms with E-state index in [4.69, 9.17) is 4.74 Å². The van der Waals surface area contributed by atoms with E-state index in [0.717, 1.165) is 30.9 Å². The topological polar surface area (TPSA) is 61.9 Å². The van der Waals surface area contributed by atoms with Crippen LogP contribution in [-0.2, 0) is 4.79 Å². The molecule has 0 radical (unpaired) electrons. The van der Waals surface area contributed by atoms with Crippen molar-refractivity contribution in [3.8, 4) is 5.75 Å². The maximum absolute atomic E-state index is 12.1. The average Bonchev–Trinajstić information content (AvgIpc) is 2.69. The fourth-order valence-corrected chi connectivity index (χ4v) is 2.90. The minimum atomic E-state index is -0.789. The summed E-state index contributed by atoms with van der Waals surface area (Å²) >= 11 is 0. The zero-order valence-corrected chi connectivity index (χ0v) is 13.0. The molecule has 3 amide bonds. The number of amides is 3. The first-order valence-corrected chi connectivity index (χ1v) is 7.60. The van der Waals surface area contributed by atoms with E-state index in [1.807, 2.05) is 24.3 Å². The quantitative estimate of drug-likeness (QED) is 0.858. The van der Waals surface area contributed by atoms with Gasteiger partial charge in [-0.25, -0.2) is 4.79 Å². The van der Waals surface area contributed by atoms with Crippen molar-refractivity contribution < 1.29 is 14.3 Å². The predicted molar refractivity (Wildman–Crippen MR) is 83.1 cm³/mol. The molecule has 6 heteroatoms. The average molecular weight is 303 g/mol. The van der Waals surface area contributed by atoms with Gasteiger partial charge in [-0.1, -0.05) is 12.1 Å². The largest absolute Gasteiger partial charge is 0.490 e. The molecule has 0 atom stereocenters. The van der Waals surface area contributed by atoms with Crippen molar-refractivity contribution in [2.75, 3.05) is 31.1 Å². The van der Waals surface area contributed by atoms with Gasteiger partial charge in [-0.3, -0.25) is 9.69 Å². The lowest BCUT2D eigenvalue weighted by Gasteiger charge is -2.31. The Kier molecular flexibility index (Phi) is 3.68. The third-order valence-corrected chi connectivity index (χ3v) is 4.08. The molecule has 3 rings (SSSR count). The van der Waals surface area contributed by atoms with Gasteiger partial charge >= 0.3 is 6.03 Å². The van der Waals surface area contributed by atoms with E-state index >= 15 is 0 Å². The summed E-state index contributed by atoms with van der Waals surface area (Å²) in [6.07, 6.45) is 0.740. The number of imide groups is 1. The summed E-state index contributed by atoms with van der Waals surface area (Å²) in [4.78, 5) is 27.5. The molecule has 1 N–H and O–H groups in total. The van der Waals surface area contributed by atoms with Gasteiger partial charge in [0.2, 0.25) is 0 Å². The molecule has 1 aromatic rings. The summed E-state index contributed by atoms with van der Waals surface area (Å²) in [5.41, 5.74) is 0.286. The van der Waals surface area contributed by atoms with E-state index in [1.165, 1.54) is 4.90 Å². The van der Waals surface area contributed by atoms with Gasteiger partial charge in [-0.2, -0.15) is 0 Å². The van der Waals surface area contributed by atoms with Gasteiger partial charge in [-0.05, 0) is 32.4 Å². The summed E-state index contributed by atoms with van der Waals surface area (Å²) in [7, 11) is 0. The number of carbonyl (C=O) groups excluding carboxylic acids is 2. The standard InChI is InChI=1S/C16H21N3O3/c1-16(2)14(20)19(15(21)17-16)9-5-8-18-10-11-22-13-7-4-3-6-12(13)18/h3-4,6-7H,5,8-11H2,1-2H3,(H,17,21). The first kappa shape index (κ1) is 14.7. The number of rotatable bonds is 4. The number of ether oxygens (including phenoxy) is 1. The minimum absolute atomic E-state index is 0.153. The molecule has 6 nitrogen and oxygen atoms in total. The molecule has 2 aliphatic heterocycles. The van der Waals surface area contributed by atoms with Crippen molar-refractivity contribution in [3.63, 3.8) is 0 Å². The number of fused-ring (bicyclic) bond motifs is 1. The second-order valence-electron chi connectivity index (χ2n) is 6.17. The molecule has 0 unspecified atom stereocenters. The van der Waals surface area contributed by atoms with Crippen LogP contribution in [-0.4, -0.2) is 48.6 Å². The molecule has 0 aliphatic carbocycles. The second-order valence-corrected chi connectivity index (χ2v) is 6.17. The number of carbonyl (C=O) groups is 2. The molecule has 2 heterocycles. The number of hydrogen-bond acceptors (Lipinski definition) is 4. The van der Waals surface area contributed by atoms with Crippen LogP contribution in [0.25, 0.3) is 0 Å². The number of hydrogen-bond donors (Lipinski definition) is 1. The normalized spacial score (nSPS) is 19.7. The third kappa shape index (κ3) is 2.61.